The fourth-order valence-electron chi connectivity index (χ4n) is 2.58. The maximum Gasteiger partial charge on any atom is 0.230 e. The van der Waals surface area contributed by atoms with Gasteiger partial charge in [0.1, 0.15) is 11.0 Å². The van der Waals surface area contributed by atoms with Crippen LogP contribution in [0.3, 0.4) is 0 Å². The number of nitrogens with zero attached hydrogens (tertiary/aromatic N) is 3. The molecular weight excluding hydrogens is 372 g/mol. The summed E-state index contributed by atoms with van der Waals surface area (Å²) in [5.74, 6) is 1.00. The molecule has 0 bridgehead atoms. The molecule has 0 aliphatic carbocycles. The number of morpholine rings is 1. The van der Waals surface area contributed by atoms with Crippen LogP contribution in [0.4, 0.5) is 5.82 Å². The number of halogens is 1. The van der Waals surface area contributed by atoms with Crippen molar-refractivity contribution in [2.45, 2.75) is 11.6 Å². The standard InChI is InChI=1S/C18H21ClN4O2S/c19-15-12-16(23-8-10-25-11-9-23)22-18(21-15)26-13-17(24)20-7-6-14-4-2-1-3-5-14/h1-5,12H,6-11,13H2,(H,20,24). The summed E-state index contributed by atoms with van der Waals surface area (Å²) in [7, 11) is 0. The van der Waals surface area contributed by atoms with Crippen molar-refractivity contribution in [3.8, 4) is 0 Å². The number of thioether (sulfide) groups is 1. The molecule has 138 valence electrons. The molecule has 0 unspecified atom stereocenters. The Kier molecular flexibility index (Phi) is 7.11. The van der Waals surface area contributed by atoms with Crippen molar-refractivity contribution >= 4 is 35.1 Å². The highest BCUT2D eigenvalue weighted by Crippen LogP contribution is 2.22. The molecule has 6 nitrogen and oxygen atoms in total. The Bertz CT molecular complexity index is 726. The van der Waals surface area contributed by atoms with E-state index in [1.165, 1.54) is 17.3 Å². The number of hydrogen-bond acceptors (Lipinski definition) is 6. The first kappa shape index (κ1) is 18.9. The van der Waals surface area contributed by atoms with Crippen LogP contribution < -0.4 is 10.2 Å². The number of benzene rings is 1. The van der Waals surface area contributed by atoms with Gasteiger partial charge in [0.2, 0.25) is 5.91 Å². The van der Waals surface area contributed by atoms with Crippen LogP contribution >= 0.6 is 23.4 Å². The number of carbonyl (C=O) groups excluding carboxylic acids is 1. The van der Waals surface area contributed by atoms with E-state index in [4.69, 9.17) is 16.3 Å². The number of amides is 1. The smallest absolute Gasteiger partial charge is 0.230 e. The Balaban J connectivity index is 1.47. The predicted molar refractivity (Wildman–Crippen MR) is 104 cm³/mol. The minimum atomic E-state index is -0.0394. The van der Waals surface area contributed by atoms with Crippen LogP contribution in [0.25, 0.3) is 0 Å². The van der Waals surface area contributed by atoms with Crippen molar-refractivity contribution in [3.63, 3.8) is 0 Å². The Morgan fingerprint density at radius 3 is 2.77 bits per heavy atom. The molecule has 3 rings (SSSR count). The fraction of sp³-hybridized carbons (Fsp3) is 0.389. The zero-order valence-corrected chi connectivity index (χ0v) is 15.9. The van der Waals surface area contributed by atoms with Gasteiger partial charge in [-0.3, -0.25) is 4.79 Å². The quantitative estimate of drug-likeness (QED) is 0.443. The minimum absolute atomic E-state index is 0.0394. The monoisotopic (exact) mass is 392 g/mol. The van der Waals surface area contributed by atoms with Gasteiger partial charge in [0.25, 0.3) is 0 Å². The van der Waals surface area contributed by atoms with Gasteiger partial charge >= 0.3 is 0 Å². The third-order valence-corrected chi connectivity index (χ3v) is 4.95. The summed E-state index contributed by atoms with van der Waals surface area (Å²) < 4.78 is 5.35. The molecule has 1 aliphatic rings. The minimum Gasteiger partial charge on any atom is -0.378 e. The fourth-order valence-corrected chi connectivity index (χ4v) is 3.49. The van der Waals surface area contributed by atoms with Crippen LogP contribution in [0.15, 0.2) is 41.6 Å². The lowest BCUT2D eigenvalue weighted by Crippen LogP contribution is -2.36. The number of nitrogens with one attached hydrogen (secondary N) is 1. The number of aromatic nitrogens is 2. The molecule has 26 heavy (non-hydrogen) atoms. The molecule has 2 aromatic rings. The third-order valence-electron chi connectivity index (χ3n) is 3.91. The lowest BCUT2D eigenvalue weighted by molar-refractivity contribution is -0.118. The van der Waals surface area contributed by atoms with Gasteiger partial charge in [0, 0.05) is 25.7 Å². The van der Waals surface area contributed by atoms with Crippen LogP contribution in [0.2, 0.25) is 5.15 Å². The van der Waals surface area contributed by atoms with E-state index in [0.717, 1.165) is 25.3 Å². The van der Waals surface area contributed by atoms with E-state index in [1.807, 2.05) is 30.3 Å². The first-order chi connectivity index (χ1) is 12.7. The zero-order valence-electron chi connectivity index (χ0n) is 14.4. The van der Waals surface area contributed by atoms with Crippen molar-refractivity contribution in [2.24, 2.45) is 0 Å². The van der Waals surface area contributed by atoms with Crippen molar-refractivity contribution in [1.82, 2.24) is 15.3 Å². The van der Waals surface area contributed by atoms with E-state index in [9.17, 15) is 4.79 Å². The van der Waals surface area contributed by atoms with Gasteiger partial charge < -0.3 is 15.0 Å². The molecule has 1 aromatic heterocycles. The highest BCUT2D eigenvalue weighted by atomic mass is 35.5. The van der Waals surface area contributed by atoms with Gasteiger partial charge in [-0.15, -0.1) is 0 Å². The first-order valence-electron chi connectivity index (χ1n) is 8.51. The van der Waals surface area contributed by atoms with Crippen LogP contribution in [0.1, 0.15) is 5.56 Å². The number of hydrogen-bond donors (Lipinski definition) is 1. The second kappa shape index (κ2) is 9.75. The molecule has 1 aromatic carbocycles. The van der Waals surface area contributed by atoms with Crippen LogP contribution in [0.5, 0.6) is 0 Å². The lowest BCUT2D eigenvalue weighted by Gasteiger charge is -2.27. The van der Waals surface area contributed by atoms with E-state index in [2.05, 4.69) is 20.2 Å². The van der Waals surface area contributed by atoms with Gasteiger partial charge in [-0.1, -0.05) is 53.7 Å². The first-order valence-corrected chi connectivity index (χ1v) is 9.88. The van der Waals surface area contributed by atoms with Gasteiger partial charge in [-0.2, -0.15) is 0 Å². The maximum absolute atomic E-state index is 12.0. The summed E-state index contributed by atoms with van der Waals surface area (Å²) >= 11 is 7.40. The van der Waals surface area contributed by atoms with E-state index >= 15 is 0 Å². The molecular formula is C18H21ClN4O2S. The Morgan fingerprint density at radius 2 is 2.00 bits per heavy atom. The second-order valence-corrected chi connectivity index (χ2v) is 7.13. The molecule has 0 radical (unpaired) electrons. The molecule has 1 aliphatic heterocycles. The van der Waals surface area contributed by atoms with Gasteiger partial charge in [0.05, 0.1) is 19.0 Å². The molecule has 0 spiro atoms. The molecule has 1 N–H and O–H groups in total. The van der Waals surface area contributed by atoms with Crippen molar-refractivity contribution < 1.29 is 9.53 Å². The summed E-state index contributed by atoms with van der Waals surface area (Å²) in [6.45, 7) is 3.51. The van der Waals surface area contributed by atoms with E-state index in [1.54, 1.807) is 6.07 Å². The Morgan fingerprint density at radius 1 is 1.23 bits per heavy atom. The number of carbonyl (C=O) groups is 1. The van der Waals surface area contributed by atoms with Crippen LogP contribution in [-0.2, 0) is 16.0 Å². The SMILES string of the molecule is O=C(CSc1nc(Cl)cc(N2CCOCC2)n1)NCCc1ccccc1. The third kappa shape index (κ3) is 5.86. The van der Waals surface area contributed by atoms with E-state index in [-0.39, 0.29) is 11.7 Å². The summed E-state index contributed by atoms with van der Waals surface area (Å²) in [5.41, 5.74) is 1.20. The average Bonchev–Trinajstić information content (AvgIpc) is 2.67. The summed E-state index contributed by atoms with van der Waals surface area (Å²) in [4.78, 5) is 22.9. The van der Waals surface area contributed by atoms with Crippen molar-refractivity contribution in [1.29, 1.82) is 0 Å². The number of ether oxygens (including phenoxy) is 1. The number of anilines is 1. The van der Waals surface area contributed by atoms with Gasteiger partial charge in [-0.25, -0.2) is 9.97 Å². The summed E-state index contributed by atoms with van der Waals surface area (Å²) in [6.07, 6.45) is 0.812. The van der Waals surface area contributed by atoms with Gasteiger partial charge in [0.15, 0.2) is 5.16 Å². The largest absolute Gasteiger partial charge is 0.378 e. The van der Waals surface area contributed by atoms with E-state index < -0.39 is 0 Å². The van der Waals surface area contributed by atoms with Crippen LogP contribution in [-0.4, -0.2) is 54.5 Å². The summed E-state index contributed by atoms with van der Waals surface area (Å²) in [6, 6.07) is 11.8. The topological polar surface area (TPSA) is 67.4 Å². The lowest BCUT2D eigenvalue weighted by atomic mass is 10.1. The van der Waals surface area contributed by atoms with E-state index in [0.29, 0.717) is 30.1 Å². The number of rotatable bonds is 7. The Labute approximate surface area is 162 Å². The van der Waals surface area contributed by atoms with Crippen LogP contribution in [0, 0.1) is 0 Å². The van der Waals surface area contributed by atoms with Crippen molar-refractivity contribution in [2.75, 3.05) is 43.5 Å². The highest BCUT2D eigenvalue weighted by Gasteiger charge is 2.15. The Hall–Kier alpha value is -1.83. The average molecular weight is 393 g/mol. The zero-order chi connectivity index (χ0) is 18.2. The summed E-state index contributed by atoms with van der Waals surface area (Å²) in [5, 5.41) is 3.81. The second-order valence-electron chi connectivity index (χ2n) is 5.81. The van der Waals surface area contributed by atoms with Crippen molar-refractivity contribution in [3.05, 3.63) is 47.1 Å². The highest BCUT2D eigenvalue weighted by molar-refractivity contribution is 7.99. The predicted octanol–water partition coefficient (Wildman–Crippen LogP) is 2.42. The maximum atomic E-state index is 12.0. The molecule has 8 heteroatoms. The molecule has 1 fully saturated rings. The molecule has 1 saturated heterocycles. The molecule has 2 heterocycles. The molecule has 0 atom stereocenters. The molecule has 1 amide bonds. The normalized spacial score (nSPS) is 14.3. The van der Waals surface area contributed by atoms with Gasteiger partial charge in [-0.05, 0) is 12.0 Å². The molecule has 0 saturated carbocycles.